The zero-order chi connectivity index (χ0) is 14.3. The molecule has 3 N–H and O–H groups in total. The maximum atomic E-state index is 7.49. The standard InChI is InChI=1S/C14H21ClN2O2/c1-10(2)6-7-18-8-9-19-12-5-3-4-11(15)13(12)14(16)17/h3-5,10H,6-9H2,1-2H3,(H3,16,17). The summed E-state index contributed by atoms with van der Waals surface area (Å²) in [6.45, 7) is 5.97. The fourth-order valence-corrected chi connectivity index (χ4v) is 1.79. The van der Waals surface area contributed by atoms with Crippen molar-refractivity contribution in [2.45, 2.75) is 20.3 Å². The van der Waals surface area contributed by atoms with E-state index < -0.39 is 0 Å². The molecule has 0 atom stereocenters. The van der Waals surface area contributed by atoms with Gasteiger partial charge in [0.25, 0.3) is 0 Å². The van der Waals surface area contributed by atoms with Crippen LogP contribution in [0, 0.1) is 11.3 Å². The largest absolute Gasteiger partial charge is 0.490 e. The summed E-state index contributed by atoms with van der Waals surface area (Å²) < 4.78 is 11.0. The summed E-state index contributed by atoms with van der Waals surface area (Å²) in [5, 5.41) is 7.91. The van der Waals surface area contributed by atoms with Gasteiger partial charge >= 0.3 is 0 Å². The van der Waals surface area contributed by atoms with E-state index in [0.717, 1.165) is 13.0 Å². The number of halogens is 1. The Morgan fingerprint density at radius 1 is 1.32 bits per heavy atom. The fraction of sp³-hybridized carbons (Fsp3) is 0.500. The van der Waals surface area contributed by atoms with Gasteiger partial charge in [0.2, 0.25) is 0 Å². The van der Waals surface area contributed by atoms with Crippen molar-refractivity contribution in [3.05, 3.63) is 28.8 Å². The molecule has 0 amide bonds. The van der Waals surface area contributed by atoms with Crippen LogP contribution in [-0.4, -0.2) is 25.7 Å². The molecule has 0 aliphatic carbocycles. The van der Waals surface area contributed by atoms with Crippen LogP contribution in [0.25, 0.3) is 0 Å². The summed E-state index contributed by atoms with van der Waals surface area (Å²) >= 11 is 5.99. The van der Waals surface area contributed by atoms with Crippen molar-refractivity contribution in [1.82, 2.24) is 0 Å². The molecule has 0 unspecified atom stereocenters. The van der Waals surface area contributed by atoms with Crippen LogP contribution >= 0.6 is 11.6 Å². The highest BCUT2D eigenvalue weighted by Crippen LogP contribution is 2.25. The molecular weight excluding hydrogens is 264 g/mol. The smallest absolute Gasteiger partial charge is 0.131 e. The summed E-state index contributed by atoms with van der Waals surface area (Å²) in [4.78, 5) is 0. The minimum atomic E-state index is -0.0960. The molecule has 0 fully saturated rings. The van der Waals surface area contributed by atoms with E-state index in [1.54, 1.807) is 18.2 Å². The Hall–Kier alpha value is -1.26. The molecule has 1 rings (SSSR count). The van der Waals surface area contributed by atoms with Gasteiger partial charge in [0.15, 0.2) is 0 Å². The van der Waals surface area contributed by atoms with Gasteiger partial charge in [-0.25, -0.2) is 0 Å². The third kappa shape index (κ3) is 5.49. The molecule has 0 spiro atoms. The van der Waals surface area contributed by atoms with Gasteiger partial charge in [-0.05, 0) is 24.5 Å². The fourth-order valence-electron chi connectivity index (χ4n) is 1.52. The first-order chi connectivity index (χ1) is 9.02. The van der Waals surface area contributed by atoms with E-state index in [4.69, 9.17) is 32.2 Å². The highest BCUT2D eigenvalue weighted by atomic mass is 35.5. The average Bonchev–Trinajstić information content (AvgIpc) is 2.32. The number of benzene rings is 1. The highest BCUT2D eigenvalue weighted by Gasteiger charge is 2.10. The molecule has 106 valence electrons. The van der Waals surface area contributed by atoms with Crippen molar-refractivity contribution in [3.8, 4) is 5.75 Å². The van der Waals surface area contributed by atoms with Gasteiger partial charge in [0, 0.05) is 6.61 Å². The van der Waals surface area contributed by atoms with Gasteiger partial charge in [-0.15, -0.1) is 0 Å². The second-order valence-corrected chi connectivity index (χ2v) is 5.08. The number of rotatable bonds is 8. The Labute approximate surface area is 119 Å². The third-order valence-corrected chi connectivity index (χ3v) is 2.88. The van der Waals surface area contributed by atoms with Crippen LogP contribution in [0.15, 0.2) is 18.2 Å². The van der Waals surface area contributed by atoms with Crippen LogP contribution in [0.5, 0.6) is 5.75 Å². The van der Waals surface area contributed by atoms with E-state index in [9.17, 15) is 0 Å². The maximum Gasteiger partial charge on any atom is 0.131 e. The van der Waals surface area contributed by atoms with Crippen LogP contribution in [-0.2, 0) is 4.74 Å². The predicted octanol–water partition coefficient (Wildman–Crippen LogP) is 3.07. The first kappa shape index (κ1) is 15.8. The molecule has 0 bridgehead atoms. The van der Waals surface area contributed by atoms with Crippen molar-refractivity contribution in [2.24, 2.45) is 11.7 Å². The maximum absolute atomic E-state index is 7.49. The Morgan fingerprint density at radius 2 is 2.05 bits per heavy atom. The van der Waals surface area contributed by atoms with Crippen LogP contribution in [0.2, 0.25) is 5.02 Å². The molecule has 5 heteroatoms. The predicted molar refractivity (Wildman–Crippen MR) is 78.2 cm³/mol. The first-order valence-corrected chi connectivity index (χ1v) is 6.73. The van der Waals surface area contributed by atoms with Crippen molar-refractivity contribution in [3.63, 3.8) is 0 Å². The van der Waals surface area contributed by atoms with Crippen LogP contribution in [0.4, 0.5) is 0 Å². The minimum Gasteiger partial charge on any atom is -0.490 e. The molecule has 19 heavy (non-hydrogen) atoms. The Kier molecular flexibility index (Phi) is 6.67. The molecule has 0 saturated carbocycles. The van der Waals surface area contributed by atoms with E-state index in [2.05, 4.69) is 13.8 Å². The summed E-state index contributed by atoms with van der Waals surface area (Å²) in [7, 11) is 0. The van der Waals surface area contributed by atoms with Crippen molar-refractivity contribution in [1.29, 1.82) is 5.41 Å². The van der Waals surface area contributed by atoms with E-state index >= 15 is 0 Å². The molecular formula is C14H21ClN2O2. The van der Waals surface area contributed by atoms with Gasteiger partial charge in [0.1, 0.15) is 18.2 Å². The normalized spacial score (nSPS) is 10.7. The topological polar surface area (TPSA) is 68.3 Å². The highest BCUT2D eigenvalue weighted by molar-refractivity contribution is 6.34. The SMILES string of the molecule is CC(C)CCOCCOc1cccc(Cl)c1C(=N)N. The quantitative estimate of drug-likeness (QED) is 0.438. The molecule has 4 nitrogen and oxygen atoms in total. The van der Waals surface area contributed by atoms with Gasteiger partial charge in [0.05, 0.1) is 17.2 Å². The van der Waals surface area contributed by atoms with Crippen molar-refractivity contribution in [2.75, 3.05) is 19.8 Å². The average molecular weight is 285 g/mol. The third-order valence-electron chi connectivity index (χ3n) is 2.57. The van der Waals surface area contributed by atoms with E-state index in [1.165, 1.54) is 0 Å². The Balaban J connectivity index is 2.41. The van der Waals surface area contributed by atoms with E-state index in [0.29, 0.717) is 35.5 Å². The van der Waals surface area contributed by atoms with Gasteiger partial charge < -0.3 is 15.2 Å². The second-order valence-electron chi connectivity index (χ2n) is 4.67. The lowest BCUT2D eigenvalue weighted by Gasteiger charge is -2.12. The van der Waals surface area contributed by atoms with Crippen LogP contribution < -0.4 is 10.5 Å². The van der Waals surface area contributed by atoms with E-state index in [1.807, 2.05) is 0 Å². The second kappa shape index (κ2) is 8.02. The molecule has 0 aliphatic rings. The Bertz CT molecular complexity index is 422. The minimum absolute atomic E-state index is 0.0960. The number of nitrogens with one attached hydrogen (secondary N) is 1. The summed E-state index contributed by atoms with van der Waals surface area (Å²) in [5.41, 5.74) is 5.92. The number of hydrogen-bond donors (Lipinski definition) is 2. The zero-order valence-corrected chi connectivity index (χ0v) is 12.2. The molecule has 0 aliphatic heterocycles. The number of nitrogen functional groups attached to an aromatic ring is 1. The van der Waals surface area contributed by atoms with E-state index in [-0.39, 0.29) is 5.84 Å². The molecule has 0 aromatic heterocycles. The van der Waals surface area contributed by atoms with Gasteiger partial charge in [-0.3, -0.25) is 5.41 Å². The first-order valence-electron chi connectivity index (χ1n) is 6.35. The lowest BCUT2D eigenvalue weighted by atomic mass is 10.1. The van der Waals surface area contributed by atoms with Crippen LogP contribution in [0.3, 0.4) is 0 Å². The molecule has 1 aromatic rings. The lowest BCUT2D eigenvalue weighted by Crippen LogP contribution is -2.15. The summed E-state index contributed by atoms with van der Waals surface area (Å²) in [6.07, 6.45) is 1.04. The number of amidine groups is 1. The monoisotopic (exact) mass is 284 g/mol. The lowest BCUT2D eigenvalue weighted by molar-refractivity contribution is 0.0925. The number of ether oxygens (including phenoxy) is 2. The summed E-state index contributed by atoms with van der Waals surface area (Å²) in [6, 6.07) is 5.20. The Morgan fingerprint density at radius 3 is 2.68 bits per heavy atom. The molecule has 0 heterocycles. The zero-order valence-electron chi connectivity index (χ0n) is 11.4. The van der Waals surface area contributed by atoms with Gasteiger partial charge in [-0.1, -0.05) is 31.5 Å². The molecule has 1 aromatic carbocycles. The van der Waals surface area contributed by atoms with Gasteiger partial charge in [-0.2, -0.15) is 0 Å². The molecule has 0 saturated heterocycles. The number of hydrogen-bond acceptors (Lipinski definition) is 3. The van der Waals surface area contributed by atoms with Crippen molar-refractivity contribution < 1.29 is 9.47 Å². The van der Waals surface area contributed by atoms with Crippen LogP contribution in [0.1, 0.15) is 25.8 Å². The number of nitrogens with two attached hydrogens (primary N) is 1. The van der Waals surface area contributed by atoms with Crippen molar-refractivity contribution >= 4 is 17.4 Å². The molecule has 0 radical (unpaired) electrons. The summed E-state index contributed by atoms with van der Waals surface area (Å²) in [5.74, 6) is 1.06.